The summed E-state index contributed by atoms with van der Waals surface area (Å²) in [4.78, 5) is 22.7. The number of aliphatic hydroxyl groups excluding tert-OH is 1. The van der Waals surface area contributed by atoms with Crippen molar-refractivity contribution in [3.05, 3.63) is 35.6 Å². The molecule has 0 radical (unpaired) electrons. The van der Waals surface area contributed by atoms with Crippen molar-refractivity contribution in [2.75, 3.05) is 0 Å². The number of benzene rings is 1. The Labute approximate surface area is 121 Å². The van der Waals surface area contributed by atoms with Crippen molar-refractivity contribution >= 4 is 11.9 Å². The quantitative estimate of drug-likeness (QED) is 0.770. The van der Waals surface area contributed by atoms with Crippen LogP contribution in [0.15, 0.2) is 24.3 Å². The van der Waals surface area contributed by atoms with E-state index in [2.05, 4.69) is 5.32 Å². The second kappa shape index (κ2) is 6.67. The molecule has 3 atom stereocenters. The van der Waals surface area contributed by atoms with Crippen LogP contribution >= 0.6 is 0 Å². The fraction of sp³-hybridized carbons (Fsp3) is 0.467. The fourth-order valence-electron chi connectivity index (χ4n) is 2.63. The highest BCUT2D eigenvalue weighted by molar-refractivity contribution is 5.77. The van der Waals surface area contributed by atoms with E-state index < -0.39 is 23.8 Å². The van der Waals surface area contributed by atoms with Crippen LogP contribution in [0.2, 0.25) is 0 Å². The van der Waals surface area contributed by atoms with Gasteiger partial charge >= 0.3 is 5.97 Å². The monoisotopic (exact) mass is 295 g/mol. The van der Waals surface area contributed by atoms with E-state index in [0.717, 1.165) is 0 Å². The summed E-state index contributed by atoms with van der Waals surface area (Å²) in [6, 6.07) is 5.31. The Balaban J connectivity index is 1.83. The second-order valence-electron chi connectivity index (χ2n) is 5.39. The van der Waals surface area contributed by atoms with E-state index >= 15 is 0 Å². The van der Waals surface area contributed by atoms with Crippen LogP contribution in [0, 0.1) is 11.7 Å². The number of halogens is 1. The lowest BCUT2D eigenvalue weighted by Crippen LogP contribution is -2.34. The largest absolute Gasteiger partial charge is 0.481 e. The lowest BCUT2D eigenvalue weighted by atomic mass is 10.1. The Morgan fingerprint density at radius 3 is 2.76 bits per heavy atom. The molecule has 6 heteroatoms. The summed E-state index contributed by atoms with van der Waals surface area (Å²) in [7, 11) is 0. The van der Waals surface area contributed by atoms with Gasteiger partial charge in [0.25, 0.3) is 0 Å². The molecule has 0 bridgehead atoms. The van der Waals surface area contributed by atoms with Gasteiger partial charge in [0, 0.05) is 6.04 Å². The number of aliphatic carboxylic acids is 1. The Kier molecular flexibility index (Phi) is 4.90. The minimum Gasteiger partial charge on any atom is -0.481 e. The van der Waals surface area contributed by atoms with Gasteiger partial charge in [-0.25, -0.2) is 4.39 Å². The van der Waals surface area contributed by atoms with Crippen molar-refractivity contribution in [3.63, 3.8) is 0 Å². The van der Waals surface area contributed by atoms with Crippen molar-refractivity contribution in [1.29, 1.82) is 0 Å². The van der Waals surface area contributed by atoms with Gasteiger partial charge in [0.15, 0.2) is 0 Å². The standard InChI is InChI=1S/C15H18FNO4/c16-11-3-1-2-9(6-11)13(18)8-14(19)17-12-5-4-10(7-12)15(20)21/h1-3,6,10,12-13,18H,4-5,7-8H2,(H,17,19)(H,20,21)/t10-,12+,13?/m1/s1. The van der Waals surface area contributed by atoms with E-state index in [-0.39, 0.29) is 18.4 Å². The van der Waals surface area contributed by atoms with E-state index in [9.17, 15) is 19.1 Å². The van der Waals surface area contributed by atoms with Crippen LogP contribution in [0.25, 0.3) is 0 Å². The maximum atomic E-state index is 13.0. The summed E-state index contributed by atoms with van der Waals surface area (Å²) in [6.07, 6.45) is 0.345. The summed E-state index contributed by atoms with van der Waals surface area (Å²) in [5.74, 6) is -2.08. The maximum Gasteiger partial charge on any atom is 0.306 e. The number of carbonyl (C=O) groups excluding carboxylic acids is 1. The van der Waals surface area contributed by atoms with Crippen LogP contribution in [0.5, 0.6) is 0 Å². The van der Waals surface area contributed by atoms with Gasteiger partial charge in [-0.05, 0) is 37.0 Å². The van der Waals surface area contributed by atoms with Gasteiger partial charge in [-0.2, -0.15) is 0 Å². The Morgan fingerprint density at radius 2 is 2.14 bits per heavy atom. The van der Waals surface area contributed by atoms with E-state index in [1.165, 1.54) is 18.2 Å². The molecule has 0 aromatic heterocycles. The highest BCUT2D eigenvalue weighted by Crippen LogP contribution is 2.26. The van der Waals surface area contributed by atoms with Gasteiger partial charge in [-0.1, -0.05) is 12.1 Å². The lowest BCUT2D eigenvalue weighted by Gasteiger charge is -2.15. The molecule has 1 aliphatic rings. The molecule has 1 amide bonds. The normalized spacial score (nSPS) is 22.8. The minimum atomic E-state index is -1.07. The van der Waals surface area contributed by atoms with Crippen molar-refractivity contribution < 1.29 is 24.2 Å². The minimum absolute atomic E-state index is 0.168. The second-order valence-corrected chi connectivity index (χ2v) is 5.39. The number of hydrogen-bond donors (Lipinski definition) is 3. The van der Waals surface area contributed by atoms with Crippen LogP contribution < -0.4 is 5.32 Å². The van der Waals surface area contributed by atoms with Gasteiger partial charge < -0.3 is 15.5 Å². The first kappa shape index (κ1) is 15.4. The number of hydrogen-bond acceptors (Lipinski definition) is 3. The zero-order valence-electron chi connectivity index (χ0n) is 11.5. The SMILES string of the molecule is O=C(CC(O)c1cccc(F)c1)N[C@H]1CC[C@@H](C(=O)O)C1. The summed E-state index contributed by atoms with van der Waals surface area (Å²) in [5, 5.41) is 21.5. The fourth-order valence-corrected chi connectivity index (χ4v) is 2.63. The average Bonchev–Trinajstić information content (AvgIpc) is 2.87. The van der Waals surface area contributed by atoms with Crippen LogP contribution in [0.3, 0.4) is 0 Å². The molecule has 1 aromatic carbocycles. The first-order valence-corrected chi connectivity index (χ1v) is 6.91. The van der Waals surface area contributed by atoms with Crippen molar-refractivity contribution in [3.8, 4) is 0 Å². The van der Waals surface area contributed by atoms with E-state index in [1.54, 1.807) is 6.07 Å². The third-order valence-electron chi connectivity index (χ3n) is 3.76. The molecule has 3 N–H and O–H groups in total. The molecular weight excluding hydrogens is 277 g/mol. The Bertz CT molecular complexity index is 534. The first-order chi connectivity index (χ1) is 9.95. The summed E-state index contributed by atoms with van der Waals surface area (Å²) in [5.41, 5.74) is 0.347. The summed E-state index contributed by atoms with van der Waals surface area (Å²) in [6.45, 7) is 0. The van der Waals surface area contributed by atoms with Crippen LogP contribution in [-0.4, -0.2) is 28.1 Å². The van der Waals surface area contributed by atoms with Crippen LogP contribution in [0.1, 0.15) is 37.4 Å². The van der Waals surface area contributed by atoms with Crippen molar-refractivity contribution in [2.24, 2.45) is 5.92 Å². The van der Waals surface area contributed by atoms with Crippen LogP contribution in [-0.2, 0) is 9.59 Å². The van der Waals surface area contributed by atoms with Gasteiger partial charge in [0.1, 0.15) is 5.82 Å². The van der Waals surface area contributed by atoms with Gasteiger partial charge in [0.05, 0.1) is 18.4 Å². The molecule has 1 aromatic rings. The highest BCUT2D eigenvalue weighted by Gasteiger charge is 2.30. The summed E-state index contributed by atoms with van der Waals surface area (Å²) < 4.78 is 13.0. The molecule has 0 heterocycles. The van der Waals surface area contributed by atoms with Gasteiger partial charge in [-0.3, -0.25) is 9.59 Å². The lowest BCUT2D eigenvalue weighted by molar-refractivity contribution is -0.141. The molecule has 5 nitrogen and oxygen atoms in total. The zero-order chi connectivity index (χ0) is 15.4. The molecule has 21 heavy (non-hydrogen) atoms. The van der Waals surface area contributed by atoms with Gasteiger partial charge in [-0.15, -0.1) is 0 Å². The first-order valence-electron chi connectivity index (χ1n) is 6.91. The summed E-state index contributed by atoms with van der Waals surface area (Å²) >= 11 is 0. The third kappa shape index (κ3) is 4.26. The predicted molar refractivity (Wildman–Crippen MR) is 72.9 cm³/mol. The zero-order valence-corrected chi connectivity index (χ0v) is 11.5. The Hall–Kier alpha value is -1.95. The molecule has 0 spiro atoms. The molecule has 1 aliphatic carbocycles. The number of nitrogens with one attached hydrogen (secondary N) is 1. The number of aliphatic hydroxyl groups is 1. The number of amides is 1. The van der Waals surface area contributed by atoms with Crippen LogP contribution in [0.4, 0.5) is 4.39 Å². The topological polar surface area (TPSA) is 86.6 Å². The number of rotatable bonds is 5. The van der Waals surface area contributed by atoms with E-state index in [1.807, 2.05) is 0 Å². The average molecular weight is 295 g/mol. The molecule has 114 valence electrons. The predicted octanol–water partition coefficient (Wildman–Crippen LogP) is 1.62. The molecule has 1 unspecified atom stereocenters. The molecular formula is C15H18FNO4. The number of carboxylic acids is 1. The molecule has 1 saturated carbocycles. The number of carbonyl (C=O) groups is 2. The molecule has 0 saturated heterocycles. The maximum absolute atomic E-state index is 13.0. The molecule has 2 rings (SSSR count). The highest BCUT2D eigenvalue weighted by atomic mass is 19.1. The smallest absolute Gasteiger partial charge is 0.306 e. The number of carboxylic acid groups (broad SMARTS) is 1. The Morgan fingerprint density at radius 1 is 1.38 bits per heavy atom. The van der Waals surface area contributed by atoms with Crippen molar-refractivity contribution in [2.45, 2.75) is 37.8 Å². The van der Waals surface area contributed by atoms with E-state index in [4.69, 9.17) is 5.11 Å². The van der Waals surface area contributed by atoms with E-state index in [0.29, 0.717) is 24.8 Å². The molecule has 0 aliphatic heterocycles. The molecule has 1 fully saturated rings. The van der Waals surface area contributed by atoms with Crippen molar-refractivity contribution in [1.82, 2.24) is 5.32 Å². The third-order valence-corrected chi connectivity index (χ3v) is 3.76. The van der Waals surface area contributed by atoms with Gasteiger partial charge in [0.2, 0.25) is 5.91 Å².